The third-order valence-electron chi connectivity index (χ3n) is 4.21. The monoisotopic (exact) mass is 253 g/mol. The summed E-state index contributed by atoms with van der Waals surface area (Å²) in [4.78, 5) is 0. The summed E-state index contributed by atoms with van der Waals surface area (Å²) in [6.45, 7) is 4.42. The second-order valence-corrected chi connectivity index (χ2v) is 6.28. The quantitative estimate of drug-likeness (QED) is 0.749. The first-order valence-corrected chi connectivity index (χ1v) is 6.57. The number of halogens is 2. The lowest BCUT2D eigenvalue weighted by atomic mass is 9.81. The largest absolute Gasteiger partial charge is 0.321 e. The zero-order chi connectivity index (χ0) is 13.4. The third kappa shape index (κ3) is 2.56. The number of rotatable bonds is 1. The molecule has 100 valence electrons. The highest BCUT2D eigenvalue weighted by Crippen LogP contribution is 2.42. The number of nitrogens with two attached hydrogens (primary N) is 1. The molecule has 1 saturated carbocycles. The summed E-state index contributed by atoms with van der Waals surface area (Å²) in [5.74, 6) is -1.58. The van der Waals surface area contributed by atoms with Crippen LogP contribution in [0.15, 0.2) is 18.2 Å². The molecule has 2 rings (SSSR count). The van der Waals surface area contributed by atoms with Crippen molar-refractivity contribution < 1.29 is 8.78 Å². The molecule has 1 aliphatic carbocycles. The normalized spacial score (nSPS) is 27.8. The summed E-state index contributed by atoms with van der Waals surface area (Å²) >= 11 is 0. The molecule has 1 aliphatic rings. The molecule has 3 heteroatoms. The maximum Gasteiger partial charge on any atom is 0.163 e. The van der Waals surface area contributed by atoms with E-state index in [0.29, 0.717) is 12.0 Å². The van der Waals surface area contributed by atoms with Crippen molar-refractivity contribution in [1.82, 2.24) is 0 Å². The van der Waals surface area contributed by atoms with E-state index in [-0.39, 0.29) is 5.41 Å². The number of benzene rings is 1. The van der Waals surface area contributed by atoms with Crippen LogP contribution in [0.25, 0.3) is 0 Å². The van der Waals surface area contributed by atoms with Crippen molar-refractivity contribution in [3.63, 3.8) is 0 Å². The highest BCUT2D eigenvalue weighted by Gasteiger charge is 2.36. The van der Waals surface area contributed by atoms with E-state index in [1.165, 1.54) is 0 Å². The van der Waals surface area contributed by atoms with Crippen LogP contribution < -0.4 is 5.73 Å². The smallest absolute Gasteiger partial charge is 0.163 e. The molecule has 1 atom stereocenters. The Labute approximate surface area is 107 Å². The van der Waals surface area contributed by atoms with Crippen molar-refractivity contribution in [3.8, 4) is 0 Å². The van der Waals surface area contributed by atoms with Gasteiger partial charge in [-0.05, 0) is 37.2 Å². The molecule has 1 nitrogen and oxygen atoms in total. The standard InChI is InChI=1S/C15H21F2N/c1-14(2)7-4-8-15(18,10-9-14)11-5-3-6-12(16)13(11)17/h3,5-6H,4,7-10,18H2,1-2H3. The summed E-state index contributed by atoms with van der Waals surface area (Å²) in [7, 11) is 0. The summed E-state index contributed by atoms with van der Waals surface area (Å²) in [5.41, 5.74) is 6.22. The molecular weight excluding hydrogens is 232 g/mol. The fourth-order valence-electron chi connectivity index (χ4n) is 2.85. The predicted molar refractivity (Wildman–Crippen MR) is 69.1 cm³/mol. The Morgan fingerprint density at radius 1 is 1.06 bits per heavy atom. The van der Waals surface area contributed by atoms with Gasteiger partial charge in [-0.3, -0.25) is 0 Å². The maximum absolute atomic E-state index is 13.9. The first kappa shape index (κ1) is 13.5. The molecule has 0 saturated heterocycles. The minimum Gasteiger partial charge on any atom is -0.321 e. The van der Waals surface area contributed by atoms with E-state index in [9.17, 15) is 8.78 Å². The Balaban J connectivity index is 2.33. The number of hydrogen-bond acceptors (Lipinski definition) is 1. The van der Waals surface area contributed by atoms with Gasteiger partial charge in [-0.25, -0.2) is 8.78 Å². The van der Waals surface area contributed by atoms with Crippen LogP contribution in [0.1, 0.15) is 51.5 Å². The molecule has 0 amide bonds. The van der Waals surface area contributed by atoms with Gasteiger partial charge in [0.1, 0.15) is 0 Å². The van der Waals surface area contributed by atoms with Crippen LogP contribution in [-0.2, 0) is 5.54 Å². The first-order valence-electron chi connectivity index (χ1n) is 6.57. The minimum absolute atomic E-state index is 0.241. The summed E-state index contributed by atoms with van der Waals surface area (Å²) in [5, 5.41) is 0. The Bertz CT molecular complexity index is 442. The highest BCUT2D eigenvalue weighted by molar-refractivity contribution is 5.27. The van der Waals surface area contributed by atoms with E-state index >= 15 is 0 Å². The molecule has 1 aromatic rings. The summed E-state index contributed by atoms with van der Waals surface area (Å²) < 4.78 is 27.2. The van der Waals surface area contributed by atoms with Crippen LogP contribution in [-0.4, -0.2) is 0 Å². The second-order valence-electron chi connectivity index (χ2n) is 6.28. The Morgan fingerprint density at radius 3 is 2.50 bits per heavy atom. The molecule has 0 bridgehead atoms. The number of hydrogen-bond donors (Lipinski definition) is 1. The lowest BCUT2D eigenvalue weighted by Crippen LogP contribution is -2.37. The molecule has 18 heavy (non-hydrogen) atoms. The van der Waals surface area contributed by atoms with Gasteiger partial charge >= 0.3 is 0 Å². The molecule has 0 aliphatic heterocycles. The van der Waals surface area contributed by atoms with Gasteiger partial charge in [-0.15, -0.1) is 0 Å². The minimum atomic E-state index is -0.805. The van der Waals surface area contributed by atoms with E-state index in [4.69, 9.17) is 5.73 Å². The lowest BCUT2D eigenvalue weighted by molar-refractivity contribution is 0.295. The van der Waals surface area contributed by atoms with Gasteiger partial charge in [0.15, 0.2) is 11.6 Å². The molecule has 0 radical (unpaired) electrons. The first-order chi connectivity index (χ1) is 8.34. The van der Waals surface area contributed by atoms with Gasteiger partial charge in [-0.2, -0.15) is 0 Å². The van der Waals surface area contributed by atoms with Gasteiger partial charge < -0.3 is 5.73 Å². The van der Waals surface area contributed by atoms with Crippen molar-refractivity contribution in [2.75, 3.05) is 0 Å². The fraction of sp³-hybridized carbons (Fsp3) is 0.600. The van der Waals surface area contributed by atoms with Gasteiger partial charge in [0, 0.05) is 11.1 Å². The molecular formula is C15H21F2N. The highest BCUT2D eigenvalue weighted by atomic mass is 19.2. The Morgan fingerprint density at radius 2 is 1.78 bits per heavy atom. The topological polar surface area (TPSA) is 26.0 Å². The van der Waals surface area contributed by atoms with Crippen molar-refractivity contribution in [3.05, 3.63) is 35.4 Å². The predicted octanol–water partition coefficient (Wildman–Crippen LogP) is 4.11. The zero-order valence-corrected chi connectivity index (χ0v) is 11.1. The van der Waals surface area contributed by atoms with Crippen molar-refractivity contribution in [1.29, 1.82) is 0 Å². The van der Waals surface area contributed by atoms with E-state index in [1.54, 1.807) is 12.1 Å². The van der Waals surface area contributed by atoms with E-state index in [0.717, 1.165) is 31.7 Å². The van der Waals surface area contributed by atoms with Crippen molar-refractivity contribution in [2.45, 2.75) is 51.5 Å². The van der Waals surface area contributed by atoms with E-state index in [2.05, 4.69) is 13.8 Å². The van der Waals surface area contributed by atoms with Crippen LogP contribution in [0.2, 0.25) is 0 Å². The van der Waals surface area contributed by atoms with Gasteiger partial charge in [0.05, 0.1) is 0 Å². The molecule has 0 aromatic heterocycles. The molecule has 1 aromatic carbocycles. The van der Waals surface area contributed by atoms with Crippen LogP contribution in [0.4, 0.5) is 8.78 Å². The molecule has 0 heterocycles. The van der Waals surface area contributed by atoms with E-state index < -0.39 is 17.2 Å². The second kappa shape index (κ2) is 4.61. The third-order valence-corrected chi connectivity index (χ3v) is 4.21. The lowest BCUT2D eigenvalue weighted by Gasteiger charge is -2.30. The molecule has 1 unspecified atom stereocenters. The summed E-state index contributed by atoms with van der Waals surface area (Å²) in [6, 6.07) is 4.30. The fourth-order valence-corrected chi connectivity index (χ4v) is 2.85. The van der Waals surface area contributed by atoms with Crippen LogP contribution in [0.3, 0.4) is 0 Å². The van der Waals surface area contributed by atoms with Gasteiger partial charge in [-0.1, -0.05) is 32.4 Å². The molecule has 2 N–H and O–H groups in total. The molecule has 0 spiro atoms. The van der Waals surface area contributed by atoms with Crippen molar-refractivity contribution >= 4 is 0 Å². The van der Waals surface area contributed by atoms with Gasteiger partial charge in [0.2, 0.25) is 0 Å². The SMILES string of the molecule is CC1(C)CCCC(N)(c2cccc(F)c2F)CC1. The van der Waals surface area contributed by atoms with Crippen LogP contribution in [0.5, 0.6) is 0 Å². The average Bonchev–Trinajstić information content (AvgIpc) is 2.43. The van der Waals surface area contributed by atoms with Gasteiger partial charge in [0.25, 0.3) is 0 Å². The van der Waals surface area contributed by atoms with E-state index in [1.807, 2.05) is 0 Å². The zero-order valence-electron chi connectivity index (χ0n) is 11.1. The van der Waals surface area contributed by atoms with Crippen LogP contribution in [0, 0.1) is 17.0 Å². The summed E-state index contributed by atoms with van der Waals surface area (Å²) in [6.07, 6.45) is 4.42. The molecule has 1 fully saturated rings. The average molecular weight is 253 g/mol. The Kier molecular flexibility index (Phi) is 3.45. The van der Waals surface area contributed by atoms with Crippen LogP contribution >= 0.6 is 0 Å². The Hall–Kier alpha value is -0.960. The van der Waals surface area contributed by atoms with Crippen molar-refractivity contribution in [2.24, 2.45) is 11.1 Å². The maximum atomic E-state index is 13.9.